The zero-order chi connectivity index (χ0) is 8.39. The standard InChI is InChI=1S/C9H12ClNS.ClH/c10-5-8-6-12-9(11-8)7-3-1-2-4-7;/h6-7H,1-5H2;1H. The van der Waals surface area contributed by atoms with Crippen molar-refractivity contribution in [3.63, 3.8) is 0 Å². The fourth-order valence-corrected chi connectivity index (χ4v) is 2.96. The number of rotatable bonds is 2. The Morgan fingerprint density at radius 3 is 2.69 bits per heavy atom. The highest BCUT2D eigenvalue weighted by molar-refractivity contribution is 7.09. The summed E-state index contributed by atoms with van der Waals surface area (Å²) in [4.78, 5) is 4.50. The van der Waals surface area contributed by atoms with Crippen LogP contribution < -0.4 is 0 Å². The Hall–Kier alpha value is 0.210. The van der Waals surface area contributed by atoms with Crippen LogP contribution in [0, 0.1) is 0 Å². The fraction of sp³-hybridized carbons (Fsp3) is 0.667. The van der Waals surface area contributed by atoms with Crippen molar-refractivity contribution in [3.05, 3.63) is 16.1 Å². The maximum Gasteiger partial charge on any atom is 0.0959 e. The number of hydrogen-bond donors (Lipinski definition) is 0. The lowest BCUT2D eigenvalue weighted by molar-refractivity contribution is 0.714. The van der Waals surface area contributed by atoms with Crippen molar-refractivity contribution in [1.82, 2.24) is 4.98 Å². The molecule has 13 heavy (non-hydrogen) atoms. The van der Waals surface area contributed by atoms with E-state index in [0.717, 1.165) is 11.6 Å². The van der Waals surface area contributed by atoms with Gasteiger partial charge in [-0.2, -0.15) is 0 Å². The Bertz CT molecular complexity index is 256. The Morgan fingerprint density at radius 1 is 1.46 bits per heavy atom. The van der Waals surface area contributed by atoms with Gasteiger partial charge in [-0.05, 0) is 12.8 Å². The molecule has 1 fully saturated rings. The summed E-state index contributed by atoms with van der Waals surface area (Å²) in [6.07, 6.45) is 5.41. The smallest absolute Gasteiger partial charge is 0.0959 e. The van der Waals surface area contributed by atoms with Gasteiger partial charge in [-0.1, -0.05) is 12.8 Å². The van der Waals surface area contributed by atoms with E-state index >= 15 is 0 Å². The first kappa shape index (κ1) is 11.3. The number of thiazole rings is 1. The van der Waals surface area contributed by atoms with Crippen LogP contribution in [-0.4, -0.2) is 4.98 Å². The van der Waals surface area contributed by atoms with Gasteiger partial charge in [-0.3, -0.25) is 0 Å². The molecule has 1 aliphatic rings. The molecule has 0 aliphatic heterocycles. The van der Waals surface area contributed by atoms with Gasteiger partial charge in [0.25, 0.3) is 0 Å². The molecule has 1 aromatic rings. The second-order valence-corrected chi connectivity index (χ2v) is 4.45. The van der Waals surface area contributed by atoms with Crippen LogP contribution in [0.2, 0.25) is 0 Å². The second-order valence-electron chi connectivity index (χ2n) is 3.29. The maximum absolute atomic E-state index is 5.69. The Morgan fingerprint density at radius 2 is 2.15 bits per heavy atom. The maximum atomic E-state index is 5.69. The zero-order valence-electron chi connectivity index (χ0n) is 7.33. The summed E-state index contributed by atoms with van der Waals surface area (Å²) >= 11 is 7.47. The van der Waals surface area contributed by atoms with Gasteiger partial charge in [0.05, 0.1) is 16.6 Å². The molecule has 1 saturated carbocycles. The predicted octanol–water partition coefficient (Wildman–Crippen LogP) is 3.96. The molecule has 4 heteroatoms. The number of nitrogens with zero attached hydrogens (tertiary/aromatic N) is 1. The van der Waals surface area contributed by atoms with Crippen LogP contribution in [0.3, 0.4) is 0 Å². The van der Waals surface area contributed by atoms with Crippen LogP contribution in [0.4, 0.5) is 0 Å². The van der Waals surface area contributed by atoms with Gasteiger partial charge < -0.3 is 0 Å². The van der Waals surface area contributed by atoms with E-state index in [0.29, 0.717) is 5.88 Å². The molecule has 0 atom stereocenters. The molecular weight excluding hydrogens is 225 g/mol. The van der Waals surface area contributed by atoms with Gasteiger partial charge in [-0.15, -0.1) is 35.3 Å². The molecule has 1 aromatic heterocycles. The summed E-state index contributed by atoms with van der Waals surface area (Å²) in [6, 6.07) is 0. The molecule has 1 aliphatic carbocycles. The quantitative estimate of drug-likeness (QED) is 0.710. The lowest BCUT2D eigenvalue weighted by atomic mass is 10.1. The third-order valence-corrected chi connectivity index (χ3v) is 3.74. The minimum absolute atomic E-state index is 0. The number of halogens is 2. The van der Waals surface area contributed by atoms with Gasteiger partial charge in [0.15, 0.2) is 0 Å². The Balaban J connectivity index is 0.000000845. The second kappa shape index (κ2) is 5.18. The molecule has 0 spiro atoms. The summed E-state index contributed by atoms with van der Waals surface area (Å²) in [6.45, 7) is 0. The van der Waals surface area contributed by atoms with Crippen LogP contribution in [0.15, 0.2) is 5.38 Å². The van der Waals surface area contributed by atoms with E-state index in [1.54, 1.807) is 11.3 Å². The SMILES string of the molecule is Cl.ClCc1csc(C2CCCC2)n1. The molecule has 0 saturated heterocycles. The topological polar surface area (TPSA) is 12.9 Å². The highest BCUT2D eigenvalue weighted by atomic mass is 35.5. The molecule has 2 rings (SSSR count). The molecule has 1 nitrogen and oxygen atoms in total. The van der Waals surface area contributed by atoms with Gasteiger partial charge in [0.1, 0.15) is 0 Å². The van der Waals surface area contributed by atoms with E-state index in [9.17, 15) is 0 Å². The van der Waals surface area contributed by atoms with Crippen LogP contribution >= 0.6 is 35.3 Å². The highest BCUT2D eigenvalue weighted by Crippen LogP contribution is 2.35. The summed E-state index contributed by atoms with van der Waals surface area (Å²) in [7, 11) is 0. The third kappa shape index (κ3) is 2.58. The number of aromatic nitrogens is 1. The van der Waals surface area contributed by atoms with Crippen LogP contribution in [0.5, 0.6) is 0 Å². The first-order valence-corrected chi connectivity index (χ1v) is 5.82. The number of hydrogen-bond acceptors (Lipinski definition) is 2. The molecular formula is C9H13Cl2NS. The van der Waals surface area contributed by atoms with Crippen molar-refractivity contribution in [2.75, 3.05) is 0 Å². The lowest BCUT2D eigenvalue weighted by Gasteiger charge is -2.01. The van der Waals surface area contributed by atoms with Crippen molar-refractivity contribution >= 4 is 35.3 Å². The van der Waals surface area contributed by atoms with E-state index < -0.39 is 0 Å². The predicted molar refractivity (Wildman–Crippen MR) is 60.1 cm³/mol. The van der Waals surface area contributed by atoms with Crippen LogP contribution in [0.25, 0.3) is 0 Å². The van der Waals surface area contributed by atoms with Gasteiger partial charge >= 0.3 is 0 Å². The molecule has 0 unspecified atom stereocenters. The zero-order valence-corrected chi connectivity index (χ0v) is 9.72. The van der Waals surface area contributed by atoms with E-state index in [1.807, 2.05) is 0 Å². The van der Waals surface area contributed by atoms with E-state index in [1.165, 1.54) is 30.7 Å². The van der Waals surface area contributed by atoms with Crippen LogP contribution in [-0.2, 0) is 5.88 Å². The molecule has 0 aromatic carbocycles. The monoisotopic (exact) mass is 237 g/mol. The average molecular weight is 238 g/mol. The largest absolute Gasteiger partial charge is 0.245 e. The van der Waals surface area contributed by atoms with Crippen molar-refractivity contribution in [3.8, 4) is 0 Å². The Kier molecular flexibility index (Phi) is 4.50. The Labute approximate surface area is 93.9 Å². The number of alkyl halides is 1. The summed E-state index contributed by atoms with van der Waals surface area (Å²) in [5.41, 5.74) is 1.04. The lowest BCUT2D eigenvalue weighted by Crippen LogP contribution is -1.90. The summed E-state index contributed by atoms with van der Waals surface area (Å²) in [5.74, 6) is 1.30. The molecule has 0 bridgehead atoms. The van der Waals surface area contributed by atoms with Crippen molar-refractivity contribution in [2.24, 2.45) is 0 Å². The van der Waals surface area contributed by atoms with Crippen molar-refractivity contribution in [2.45, 2.75) is 37.5 Å². The molecule has 0 amide bonds. The third-order valence-electron chi connectivity index (χ3n) is 2.41. The van der Waals surface area contributed by atoms with Crippen molar-refractivity contribution in [1.29, 1.82) is 0 Å². The minimum atomic E-state index is 0. The average Bonchev–Trinajstić information content (AvgIpc) is 2.75. The summed E-state index contributed by atoms with van der Waals surface area (Å²) < 4.78 is 0. The highest BCUT2D eigenvalue weighted by Gasteiger charge is 2.19. The van der Waals surface area contributed by atoms with E-state index in [2.05, 4.69) is 10.4 Å². The van der Waals surface area contributed by atoms with Gasteiger partial charge in [0.2, 0.25) is 0 Å². The molecule has 74 valence electrons. The van der Waals surface area contributed by atoms with E-state index in [4.69, 9.17) is 11.6 Å². The van der Waals surface area contributed by atoms with Gasteiger partial charge in [-0.25, -0.2) is 4.98 Å². The first-order valence-electron chi connectivity index (χ1n) is 4.40. The molecule has 1 heterocycles. The molecule has 0 N–H and O–H groups in total. The molecule has 0 radical (unpaired) electrons. The van der Waals surface area contributed by atoms with E-state index in [-0.39, 0.29) is 12.4 Å². The minimum Gasteiger partial charge on any atom is -0.245 e. The summed E-state index contributed by atoms with van der Waals surface area (Å²) in [5, 5.41) is 3.39. The van der Waals surface area contributed by atoms with Gasteiger partial charge in [0, 0.05) is 11.3 Å². The van der Waals surface area contributed by atoms with Crippen LogP contribution in [0.1, 0.15) is 42.3 Å². The van der Waals surface area contributed by atoms with Crippen molar-refractivity contribution < 1.29 is 0 Å². The normalized spacial score (nSPS) is 17.3. The fourth-order valence-electron chi connectivity index (χ4n) is 1.74. The first-order chi connectivity index (χ1) is 5.90.